The molecule has 5 rings (SSSR count). The number of carbonyl (C=O) groups excluding carboxylic acids is 1. The molecule has 1 atom stereocenters. The van der Waals surface area contributed by atoms with Gasteiger partial charge < -0.3 is 18.9 Å². The summed E-state index contributed by atoms with van der Waals surface area (Å²) in [6.07, 6.45) is 3.07. The van der Waals surface area contributed by atoms with E-state index in [1.165, 1.54) is 11.3 Å². The number of rotatable bonds is 11. The molecule has 0 amide bonds. The summed E-state index contributed by atoms with van der Waals surface area (Å²) in [4.78, 5) is 32.9. The van der Waals surface area contributed by atoms with Gasteiger partial charge in [0.15, 0.2) is 16.3 Å². The van der Waals surface area contributed by atoms with E-state index < -0.39 is 12.0 Å². The molecule has 230 valence electrons. The average molecular weight is 624 g/mol. The minimum Gasteiger partial charge on any atom is -0.496 e. The summed E-state index contributed by atoms with van der Waals surface area (Å²) >= 11 is 1.25. The van der Waals surface area contributed by atoms with Crippen LogP contribution in [0.15, 0.2) is 87.8 Å². The Kier molecular flexibility index (Phi) is 9.80. The fraction of sp³-hybridized carbons (Fsp3) is 0.257. The van der Waals surface area contributed by atoms with Crippen molar-refractivity contribution in [3.63, 3.8) is 0 Å². The standard InChI is InChI=1S/C35H33N3O6S/c1-5-11-26-31(34(40)43-6-2)32(25-14-9-10-15-27(25)41-3)38-33(39)30(45-35(38)37-26)19-22-16-17-28(29(18-22)42-4)44-21-24-13-8-7-12-23(24)20-36/h7-10,12-19,32H,5-6,11,21H2,1-4H3/b30-19+/t32-/m0/s1. The molecule has 1 aromatic heterocycles. The van der Waals surface area contributed by atoms with Crippen LogP contribution in [0.25, 0.3) is 6.08 Å². The van der Waals surface area contributed by atoms with Gasteiger partial charge in [-0.05, 0) is 49.2 Å². The Balaban J connectivity index is 1.60. The molecule has 0 aliphatic carbocycles. The number of methoxy groups -OCH3 is 2. The molecular formula is C35H33N3O6S. The maximum atomic E-state index is 14.1. The van der Waals surface area contributed by atoms with Gasteiger partial charge in [0, 0.05) is 11.1 Å². The van der Waals surface area contributed by atoms with E-state index in [0.29, 0.717) is 61.0 Å². The first-order chi connectivity index (χ1) is 21.9. The monoisotopic (exact) mass is 623 g/mol. The third-order valence-electron chi connectivity index (χ3n) is 7.33. The highest BCUT2D eigenvalue weighted by Gasteiger charge is 2.35. The third kappa shape index (κ3) is 6.40. The Bertz CT molecular complexity index is 1990. The molecule has 10 heteroatoms. The fourth-order valence-electron chi connectivity index (χ4n) is 5.26. The van der Waals surface area contributed by atoms with Gasteiger partial charge in [-0.3, -0.25) is 9.36 Å². The number of nitriles is 1. The van der Waals surface area contributed by atoms with E-state index in [0.717, 1.165) is 12.0 Å². The lowest BCUT2D eigenvalue weighted by atomic mass is 9.93. The summed E-state index contributed by atoms with van der Waals surface area (Å²) in [6.45, 7) is 4.16. The minimum absolute atomic E-state index is 0.192. The van der Waals surface area contributed by atoms with Gasteiger partial charge in [0.1, 0.15) is 18.4 Å². The summed E-state index contributed by atoms with van der Waals surface area (Å²) < 4.78 is 24.7. The number of benzene rings is 3. The molecule has 9 nitrogen and oxygen atoms in total. The molecule has 0 unspecified atom stereocenters. The van der Waals surface area contributed by atoms with Crippen molar-refractivity contribution in [3.8, 4) is 23.3 Å². The zero-order chi connectivity index (χ0) is 31.9. The van der Waals surface area contributed by atoms with Gasteiger partial charge in [0.25, 0.3) is 5.56 Å². The molecule has 45 heavy (non-hydrogen) atoms. The number of ether oxygens (including phenoxy) is 4. The molecule has 2 heterocycles. The fourth-order valence-corrected chi connectivity index (χ4v) is 6.28. The second-order valence-electron chi connectivity index (χ2n) is 10.1. The molecule has 0 spiro atoms. The first-order valence-electron chi connectivity index (χ1n) is 14.6. The Morgan fingerprint density at radius 1 is 1.02 bits per heavy atom. The number of fused-ring (bicyclic) bond motifs is 1. The van der Waals surface area contributed by atoms with E-state index in [1.54, 1.807) is 50.0 Å². The first kappa shape index (κ1) is 31.3. The number of aromatic nitrogens is 1. The second kappa shape index (κ2) is 14.1. The molecule has 1 aliphatic heterocycles. The molecule has 4 aromatic rings. The molecule has 0 bridgehead atoms. The van der Waals surface area contributed by atoms with Crippen LogP contribution in [0.2, 0.25) is 0 Å². The number of hydrogen-bond acceptors (Lipinski definition) is 9. The predicted molar refractivity (Wildman–Crippen MR) is 171 cm³/mol. The quantitative estimate of drug-likeness (QED) is 0.215. The van der Waals surface area contributed by atoms with Gasteiger partial charge in [-0.2, -0.15) is 5.26 Å². The van der Waals surface area contributed by atoms with E-state index in [4.69, 9.17) is 23.9 Å². The van der Waals surface area contributed by atoms with Gasteiger partial charge in [-0.15, -0.1) is 0 Å². The molecule has 1 aliphatic rings. The van der Waals surface area contributed by atoms with Crippen molar-refractivity contribution in [2.45, 2.75) is 39.3 Å². The highest BCUT2D eigenvalue weighted by atomic mass is 32.1. The summed E-state index contributed by atoms with van der Waals surface area (Å²) in [5.41, 5.74) is 3.34. The minimum atomic E-state index is -0.776. The maximum absolute atomic E-state index is 14.1. The Labute approximate surface area is 264 Å². The highest BCUT2D eigenvalue weighted by molar-refractivity contribution is 7.07. The van der Waals surface area contributed by atoms with Gasteiger partial charge in [0.2, 0.25) is 0 Å². The number of esters is 1. The largest absolute Gasteiger partial charge is 0.496 e. The van der Waals surface area contributed by atoms with Crippen molar-refractivity contribution in [1.29, 1.82) is 5.26 Å². The molecular weight excluding hydrogens is 590 g/mol. The van der Waals surface area contributed by atoms with Crippen LogP contribution < -0.4 is 29.1 Å². The number of allylic oxidation sites excluding steroid dienone is 1. The van der Waals surface area contributed by atoms with Crippen LogP contribution in [0.4, 0.5) is 0 Å². The van der Waals surface area contributed by atoms with Crippen LogP contribution in [-0.2, 0) is 16.1 Å². The van der Waals surface area contributed by atoms with Gasteiger partial charge in [0.05, 0.1) is 48.3 Å². The van der Waals surface area contributed by atoms with Crippen LogP contribution in [-0.4, -0.2) is 31.4 Å². The third-order valence-corrected chi connectivity index (χ3v) is 8.32. The number of thiazole rings is 1. The smallest absolute Gasteiger partial charge is 0.338 e. The van der Waals surface area contributed by atoms with Gasteiger partial charge in [-0.1, -0.05) is 67.1 Å². The molecule has 0 saturated carbocycles. The summed E-state index contributed by atoms with van der Waals surface area (Å²) in [5, 5.41) is 9.39. The second-order valence-corrected chi connectivity index (χ2v) is 11.1. The van der Waals surface area contributed by atoms with Crippen LogP contribution in [0.5, 0.6) is 17.2 Å². The molecule has 0 saturated heterocycles. The summed E-state index contributed by atoms with van der Waals surface area (Å²) in [5.74, 6) is 1.03. The lowest BCUT2D eigenvalue weighted by molar-refractivity contribution is -0.139. The van der Waals surface area contributed by atoms with Crippen molar-refractivity contribution >= 4 is 23.4 Å². The average Bonchev–Trinajstić information content (AvgIpc) is 3.37. The predicted octanol–water partition coefficient (Wildman–Crippen LogP) is 5.05. The number of hydrogen-bond donors (Lipinski definition) is 0. The zero-order valence-corrected chi connectivity index (χ0v) is 26.3. The topological polar surface area (TPSA) is 112 Å². The summed E-state index contributed by atoms with van der Waals surface area (Å²) in [7, 11) is 3.11. The van der Waals surface area contributed by atoms with E-state index in [-0.39, 0.29) is 18.8 Å². The van der Waals surface area contributed by atoms with E-state index in [2.05, 4.69) is 6.07 Å². The van der Waals surface area contributed by atoms with Gasteiger partial charge in [-0.25, -0.2) is 9.79 Å². The van der Waals surface area contributed by atoms with Crippen molar-refractivity contribution in [3.05, 3.63) is 120 Å². The maximum Gasteiger partial charge on any atom is 0.338 e. The number of para-hydroxylation sites is 1. The Hall–Kier alpha value is -5.14. The van der Waals surface area contributed by atoms with E-state index in [1.807, 2.05) is 55.5 Å². The zero-order valence-electron chi connectivity index (χ0n) is 25.5. The van der Waals surface area contributed by atoms with Crippen LogP contribution in [0, 0.1) is 11.3 Å². The highest BCUT2D eigenvalue weighted by Crippen LogP contribution is 2.37. The lowest BCUT2D eigenvalue weighted by Crippen LogP contribution is -2.40. The number of carbonyl (C=O) groups is 1. The van der Waals surface area contributed by atoms with Crippen LogP contribution in [0.1, 0.15) is 55.0 Å². The van der Waals surface area contributed by atoms with Crippen LogP contribution in [0.3, 0.4) is 0 Å². The molecule has 3 aromatic carbocycles. The summed E-state index contributed by atoms with van der Waals surface area (Å²) in [6, 6.07) is 21.4. The van der Waals surface area contributed by atoms with Crippen LogP contribution >= 0.6 is 11.3 Å². The SMILES string of the molecule is CCCC1=C(C(=O)OCC)[C@H](c2ccccc2OC)n2c(s/c(=C/c3ccc(OCc4ccccc4C#N)c(OC)c3)c2=O)=N1. The number of nitrogens with zero attached hydrogens (tertiary/aromatic N) is 3. The van der Waals surface area contributed by atoms with E-state index >= 15 is 0 Å². The van der Waals surface area contributed by atoms with Gasteiger partial charge >= 0.3 is 5.97 Å². The Morgan fingerprint density at radius 3 is 2.51 bits per heavy atom. The molecule has 0 radical (unpaired) electrons. The lowest BCUT2D eigenvalue weighted by Gasteiger charge is -2.26. The van der Waals surface area contributed by atoms with Crippen molar-refractivity contribution < 1.29 is 23.7 Å². The first-order valence-corrected chi connectivity index (χ1v) is 15.4. The van der Waals surface area contributed by atoms with Crippen molar-refractivity contribution in [2.24, 2.45) is 4.99 Å². The Morgan fingerprint density at radius 2 is 1.78 bits per heavy atom. The van der Waals surface area contributed by atoms with Crippen molar-refractivity contribution in [1.82, 2.24) is 4.57 Å². The molecule has 0 fully saturated rings. The van der Waals surface area contributed by atoms with Crippen molar-refractivity contribution in [2.75, 3.05) is 20.8 Å². The molecule has 0 N–H and O–H groups in total. The van der Waals surface area contributed by atoms with E-state index in [9.17, 15) is 14.9 Å². The normalized spacial score (nSPS) is 14.3.